The molecule has 1 aromatic rings. The largest absolute Gasteiger partial charge is 0.381 e. The van der Waals surface area contributed by atoms with Crippen LogP contribution < -0.4 is 10.2 Å². The zero-order chi connectivity index (χ0) is 13.9. The van der Waals surface area contributed by atoms with Crippen LogP contribution in [0.15, 0.2) is 24.3 Å². The fourth-order valence-corrected chi connectivity index (χ4v) is 2.72. The second-order valence-corrected chi connectivity index (χ2v) is 5.18. The van der Waals surface area contributed by atoms with Crippen LogP contribution in [0.25, 0.3) is 0 Å². The van der Waals surface area contributed by atoms with Gasteiger partial charge in [0.15, 0.2) is 5.78 Å². The highest BCUT2D eigenvalue weighted by Gasteiger charge is 2.28. The molecular weight excluding hydrogens is 256 g/mol. The highest BCUT2D eigenvalue weighted by atomic mass is 16.5. The Morgan fingerprint density at radius 3 is 2.80 bits per heavy atom. The van der Waals surface area contributed by atoms with E-state index in [0.29, 0.717) is 37.4 Å². The predicted octanol–water partition coefficient (Wildman–Crippen LogP) is 1.97. The van der Waals surface area contributed by atoms with Crippen LogP contribution in [0.5, 0.6) is 0 Å². The minimum atomic E-state index is -0.114. The molecule has 106 valence electrons. The molecular formula is C15H18N2O3. The molecule has 0 atom stereocenters. The lowest BCUT2D eigenvalue weighted by Crippen LogP contribution is -2.49. The Kier molecular flexibility index (Phi) is 3.69. The Bertz CT molecular complexity index is 524. The number of rotatable bonds is 1. The van der Waals surface area contributed by atoms with Crippen LogP contribution in [0.1, 0.15) is 29.6 Å². The van der Waals surface area contributed by atoms with Crippen LogP contribution >= 0.6 is 0 Å². The monoisotopic (exact) mass is 274 g/mol. The number of nitrogens with zero attached hydrogens (tertiary/aromatic N) is 1. The summed E-state index contributed by atoms with van der Waals surface area (Å²) in [5.74, 6) is 0.107. The van der Waals surface area contributed by atoms with Crippen molar-refractivity contribution >= 4 is 17.5 Å². The summed E-state index contributed by atoms with van der Waals surface area (Å²) in [5, 5.41) is 3.04. The molecule has 1 N–H and O–H groups in total. The number of Topliss-reactive ketones (excluding diaryl/α,β-unsaturated/α-hetero) is 1. The molecule has 2 heterocycles. The topological polar surface area (TPSA) is 58.6 Å². The van der Waals surface area contributed by atoms with Gasteiger partial charge >= 0.3 is 6.03 Å². The Morgan fingerprint density at radius 1 is 1.25 bits per heavy atom. The highest BCUT2D eigenvalue weighted by Crippen LogP contribution is 2.26. The number of amides is 2. The van der Waals surface area contributed by atoms with Gasteiger partial charge in [-0.3, -0.25) is 9.69 Å². The third-order valence-corrected chi connectivity index (χ3v) is 3.85. The maximum Gasteiger partial charge on any atom is 0.322 e. The smallest absolute Gasteiger partial charge is 0.322 e. The van der Waals surface area contributed by atoms with Gasteiger partial charge in [0.2, 0.25) is 0 Å². The van der Waals surface area contributed by atoms with E-state index in [2.05, 4.69) is 5.32 Å². The molecule has 0 spiro atoms. The van der Waals surface area contributed by atoms with Crippen LogP contribution in [-0.2, 0) is 4.74 Å². The molecule has 0 unspecified atom stereocenters. The van der Waals surface area contributed by atoms with Gasteiger partial charge in [-0.15, -0.1) is 0 Å². The van der Waals surface area contributed by atoms with Crippen LogP contribution in [-0.4, -0.2) is 37.6 Å². The summed E-state index contributed by atoms with van der Waals surface area (Å²) in [6.07, 6.45) is 2.08. The lowest BCUT2D eigenvalue weighted by molar-refractivity contribution is 0.0803. The van der Waals surface area contributed by atoms with Gasteiger partial charge in [0, 0.05) is 37.8 Å². The van der Waals surface area contributed by atoms with E-state index in [1.807, 2.05) is 18.2 Å². The number of anilines is 1. The zero-order valence-electron chi connectivity index (χ0n) is 11.3. The van der Waals surface area contributed by atoms with Gasteiger partial charge in [-0.2, -0.15) is 0 Å². The van der Waals surface area contributed by atoms with E-state index < -0.39 is 0 Å². The lowest BCUT2D eigenvalue weighted by atomic mass is 10.0. The molecule has 2 aliphatic heterocycles. The number of fused-ring (bicyclic) bond motifs is 1. The quantitative estimate of drug-likeness (QED) is 0.851. The summed E-state index contributed by atoms with van der Waals surface area (Å²) in [5.41, 5.74) is 1.36. The van der Waals surface area contributed by atoms with Crippen molar-refractivity contribution < 1.29 is 14.3 Å². The maximum atomic E-state index is 12.4. The number of benzene rings is 1. The average molecular weight is 274 g/mol. The number of hydrogen-bond acceptors (Lipinski definition) is 3. The second kappa shape index (κ2) is 5.63. The summed E-state index contributed by atoms with van der Waals surface area (Å²) in [6, 6.07) is 7.35. The minimum Gasteiger partial charge on any atom is -0.381 e. The van der Waals surface area contributed by atoms with Crippen molar-refractivity contribution in [3.8, 4) is 0 Å². The number of carbonyl (C=O) groups is 2. The average Bonchev–Trinajstić information content (AvgIpc) is 2.49. The van der Waals surface area contributed by atoms with Crippen molar-refractivity contribution in [2.45, 2.75) is 25.3 Å². The van der Waals surface area contributed by atoms with Crippen molar-refractivity contribution in [1.82, 2.24) is 5.32 Å². The number of ether oxygens (including phenoxy) is 1. The standard InChI is InChI=1S/C15H18N2O3/c18-14-5-8-17(13-4-2-1-3-12(13)14)15(19)16-11-6-9-20-10-7-11/h1-4,11H,5-10H2,(H,16,19). The van der Waals surface area contributed by atoms with Gasteiger partial charge in [-0.05, 0) is 25.0 Å². The van der Waals surface area contributed by atoms with Crippen molar-refractivity contribution in [2.75, 3.05) is 24.7 Å². The molecule has 2 aliphatic rings. The molecule has 20 heavy (non-hydrogen) atoms. The first kappa shape index (κ1) is 13.1. The van der Waals surface area contributed by atoms with E-state index in [0.717, 1.165) is 12.8 Å². The van der Waals surface area contributed by atoms with Crippen molar-refractivity contribution in [3.63, 3.8) is 0 Å². The number of hydrogen-bond donors (Lipinski definition) is 1. The molecule has 2 amide bonds. The number of ketones is 1. The van der Waals surface area contributed by atoms with Crippen molar-refractivity contribution in [3.05, 3.63) is 29.8 Å². The molecule has 1 aromatic carbocycles. The predicted molar refractivity (Wildman–Crippen MR) is 75.1 cm³/mol. The van der Waals surface area contributed by atoms with E-state index in [1.165, 1.54) is 0 Å². The molecule has 0 bridgehead atoms. The normalized spacial score (nSPS) is 19.6. The molecule has 0 saturated carbocycles. The van der Waals surface area contributed by atoms with Crippen LogP contribution in [0.3, 0.4) is 0 Å². The Hall–Kier alpha value is -1.88. The van der Waals surface area contributed by atoms with Gasteiger partial charge in [-0.1, -0.05) is 12.1 Å². The summed E-state index contributed by atoms with van der Waals surface area (Å²) in [6.45, 7) is 1.84. The summed E-state index contributed by atoms with van der Waals surface area (Å²) in [4.78, 5) is 25.9. The third-order valence-electron chi connectivity index (χ3n) is 3.85. The van der Waals surface area contributed by atoms with E-state index >= 15 is 0 Å². The fraction of sp³-hybridized carbons (Fsp3) is 0.467. The fourth-order valence-electron chi connectivity index (χ4n) is 2.72. The number of para-hydroxylation sites is 1. The molecule has 0 radical (unpaired) electrons. The number of nitrogens with one attached hydrogen (secondary N) is 1. The van der Waals surface area contributed by atoms with Crippen LogP contribution in [0.2, 0.25) is 0 Å². The van der Waals surface area contributed by atoms with Gasteiger partial charge in [-0.25, -0.2) is 4.79 Å². The first-order valence-corrected chi connectivity index (χ1v) is 7.04. The molecule has 1 fully saturated rings. The van der Waals surface area contributed by atoms with Gasteiger partial charge in [0.05, 0.1) is 5.69 Å². The van der Waals surface area contributed by atoms with E-state index in [4.69, 9.17) is 4.74 Å². The Morgan fingerprint density at radius 2 is 2.00 bits per heavy atom. The van der Waals surface area contributed by atoms with Crippen LogP contribution in [0, 0.1) is 0 Å². The van der Waals surface area contributed by atoms with E-state index in [1.54, 1.807) is 11.0 Å². The zero-order valence-corrected chi connectivity index (χ0v) is 11.3. The van der Waals surface area contributed by atoms with E-state index in [9.17, 15) is 9.59 Å². The first-order chi connectivity index (χ1) is 9.75. The maximum absolute atomic E-state index is 12.4. The third kappa shape index (κ3) is 2.54. The van der Waals surface area contributed by atoms with Crippen molar-refractivity contribution in [1.29, 1.82) is 0 Å². The Labute approximate surface area is 117 Å². The van der Waals surface area contributed by atoms with E-state index in [-0.39, 0.29) is 17.9 Å². The SMILES string of the molecule is O=C1CCN(C(=O)NC2CCOCC2)c2ccccc21. The molecule has 5 heteroatoms. The van der Waals surface area contributed by atoms with Gasteiger partial charge in [0.1, 0.15) is 0 Å². The van der Waals surface area contributed by atoms with Crippen LogP contribution in [0.4, 0.5) is 10.5 Å². The summed E-state index contributed by atoms with van der Waals surface area (Å²) >= 11 is 0. The molecule has 3 rings (SSSR count). The first-order valence-electron chi connectivity index (χ1n) is 7.04. The number of carbonyl (C=O) groups excluding carboxylic acids is 2. The molecule has 1 saturated heterocycles. The molecule has 0 aromatic heterocycles. The van der Waals surface area contributed by atoms with Crippen molar-refractivity contribution in [2.24, 2.45) is 0 Å². The molecule has 0 aliphatic carbocycles. The minimum absolute atomic E-state index is 0.107. The van der Waals surface area contributed by atoms with Gasteiger partial charge < -0.3 is 10.1 Å². The summed E-state index contributed by atoms with van der Waals surface area (Å²) in [7, 11) is 0. The lowest BCUT2D eigenvalue weighted by Gasteiger charge is -2.31. The number of urea groups is 1. The van der Waals surface area contributed by atoms with Gasteiger partial charge in [0.25, 0.3) is 0 Å². The highest BCUT2D eigenvalue weighted by molar-refractivity contribution is 6.08. The summed E-state index contributed by atoms with van der Waals surface area (Å²) < 4.78 is 5.29. The Balaban J connectivity index is 1.75. The second-order valence-electron chi connectivity index (χ2n) is 5.18. The molecule has 5 nitrogen and oxygen atoms in total.